The van der Waals surface area contributed by atoms with Gasteiger partial charge in [0.1, 0.15) is 5.75 Å². The number of aryl methyl sites for hydroxylation is 1. The summed E-state index contributed by atoms with van der Waals surface area (Å²) in [6.45, 7) is 0.0715. The number of para-hydroxylation sites is 2. The van der Waals surface area contributed by atoms with Crippen molar-refractivity contribution in [3.8, 4) is 5.75 Å². The van der Waals surface area contributed by atoms with Crippen LogP contribution in [0.2, 0.25) is 0 Å². The lowest BCUT2D eigenvalue weighted by Gasteiger charge is -2.31. The Morgan fingerprint density at radius 2 is 1.90 bits per heavy atom. The zero-order valence-corrected chi connectivity index (χ0v) is 11.6. The van der Waals surface area contributed by atoms with Gasteiger partial charge in [0.05, 0.1) is 24.9 Å². The highest BCUT2D eigenvalue weighted by Gasteiger charge is 2.38. The van der Waals surface area contributed by atoms with E-state index >= 15 is 0 Å². The second-order valence-corrected chi connectivity index (χ2v) is 5.22. The molecule has 0 saturated heterocycles. The van der Waals surface area contributed by atoms with Crippen molar-refractivity contribution < 1.29 is 9.84 Å². The summed E-state index contributed by atoms with van der Waals surface area (Å²) in [4.78, 5) is 0. The molecule has 1 unspecified atom stereocenters. The molecule has 1 aliphatic rings. The quantitative estimate of drug-likeness (QED) is 0.896. The average Bonchev–Trinajstić information content (AvgIpc) is 2.87. The number of aliphatic hydroxyl groups excluding tert-OH is 1. The van der Waals surface area contributed by atoms with E-state index in [-0.39, 0.29) is 6.61 Å². The van der Waals surface area contributed by atoms with Gasteiger partial charge in [0.15, 0.2) is 0 Å². The largest absolute Gasteiger partial charge is 0.495 e. The lowest BCUT2D eigenvalue weighted by atomic mass is 9.92. The minimum atomic E-state index is -0.411. The summed E-state index contributed by atoms with van der Waals surface area (Å²) in [6, 6.07) is 16.1. The molecule has 0 amide bonds. The molecule has 20 heavy (non-hydrogen) atoms. The number of ether oxygens (including phenoxy) is 1. The van der Waals surface area contributed by atoms with Gasteiger partial charge in [-0.05, 0) is 36.1 Å². The summed E-state index contributed by atoms with van der Waals surface area (Å²) < 4.78 is 5.39. The van der Waals surface area contributed by atoms with Gasteiger partial charge in [0, 0.05) is 0 Å². The average molecular weight is 269 g/mol. The summed E-state index contributed by atoms with van der Waals surface area (Å²) in [5.74, 6) is 0.796. The molecule has 3 heteroatoms. The number of hydrogen-bond donors (Lipinski definition) is 2. The van der Waals surface area contributed by atoms with Gasteiger partial charge >= 0.3 is 0 Å². The third kappa shape index (κ3) is 2.04. The Balaban J connectivity index is 2.00. The molecule has 0 saturated carbocycles. The number of fused-ring (bicyclic) bond motifs is 1. The van der Waals surface area contributed by atoms with Gasteiger partial charge in [0.2, 0.25) is 0 Å². The van der Waals surface area contributed by atoms with Gasteiger partial charge in [-0.1, -0.05) is 36.4 Å². The first kappa shape index (κ1) is 13.0. The van der Waals surface area contributed by atoms with E-state index in [1.807, 2.05) is 30.3 Å². The maximum absolute atomic E-state index is 9.98. The van der Waals surface area contributed by atoms with Crippen LogP contribution >= 0.6 is 0 Å². The van der Waals surface area contributed by atoms with E-state index in [1.165, 1.54) is 11.1 Å². The molecule has 1 atom stereocenters. The van der Waals surface area contributed by atoms with E-state index in [0.29, 0.717) is 0 Å². The van der Waals surface area contributed by atoms with Crippen LogP contribution in [-0.4, -0.2) is 18.8 Å². The van der Waals surface area contributed by atoms with Crippen LogP contribution < -0.4 is 10.1 Å². The smallest absolute Gasteiger partial charge is 0.141 e. The summed E-state index contributed by atoms with van der Waals surface area (Å²) in [5.41, 5.74) is 3.00. The van der Waals surface area contributed by atoms with Gasteiger partial charge in [-0.3, -0.25) is 0 Å². The van der Waals surface area contributed by atoms with Crippen molar-refractivity contribution in [2.24, 2.45) is 0 Å². The molecular weight excluding hydrogens is 250 g/mol. The molecule has 2 aromatic rings. The SMILES string of the molecule is COc1ccccc1NC1(CO)CCc2ccccc21. The van der Waals surface area contributed by atoms with E-state index in [4.69, 9.17) is 4.74 Å². The topological polar surface area (TPSA) is 41.5 Å². The molecule has 0 aliphatic heterocycles. The fourth-order valence-electron chi connectivity index (χ4n) is 3.03. The van der Waals surface area contributed by atoms with Crippen LogP contribution in [0.1, 0.15) is 17.5 Å². The van der Waals surface area contributed by atoms with E-state index in [2.05, 4.69) is 23.5 Å². The summed E-state index contributed by atoms with van der Waals surface area (Å²) in [6.07, 6.45) is 1.87. The van der Waals surface area contributed by atoms with E-state index in [1.54, 1.807) is 7.11 Å². The monoisotopic (exact) mass is 269 g/mol. The minimum absolute atomic E-state index is 0.0715. The molecule has 0 fully saturated rings. The number of aliphatic hydroxyl groups is 1. The van der Waals surface area contributed by atoms with Crippen LogP contribution in [0.5, 0.6) is 5.75 Å². The highest BCUT2D eigenvalue weighted by Crippen LogP contribution is 2.40. The molecule has 0 bridgehead atoms. The molecule has 3 nitrogen and oxygen atoms in total. The summed E-state index contributed by atoms with van der Waals surface area (Å²) >= 11 is 0. The van der Waals surface area contributed by atoms with Gasteiger partial charge in [-0.15, -0.1) is 0 Å². The molecule has 2 N–H and O–H groups in total. The normalized spacial score (nSPS) is 20.5. The Hall–Kier alpha value is -2.00. The number of nitrogens with one attached hydrogen (secondary N) is 1. The molecule has 0 aromatic heterocycles. The first-order chi connectivity index (χ1) is 9.79. The Kier molecular flexibility index (Phi) is 3.36. The van der Waals surface area contributed by atoms with Crippen molar-refractivity contribution >= 4 is 5.69 Å². The standard InChI is InChI=1S/C17H19NO2/c1-20-16-9-5-4-8-15(16)18-17(12-19)11-10-13-6-2-3-7-14(13)17/h2-9,18-19H,10-12H2,1H3. The first-order valence-corrected chi connectivity index (χ1v) is 6.89. The van der Waals surface area contributed by atoms with E-state index < -0.39 is 5.54 Å². The van der Waals surface area contributed by atoms with Crippen molar-refractivity contribution in [3.05, 3.63) is 59.7 Å². The molecular formula is C17H19NO2. The molecule has 1 aliphatic carbocycles. The summed E-state index contributed by atoms with van der Waals surface area (Å²) in [7, 11) is 1.66. The third-order valence-electron chi connectivity index (χ3n) is 4.10. The molecule has 0 spiro atoms. The molecule has 2 aromatic carbocycles. The lowest BCUT2D eigenvalue weighted by molar-refractivity contribution is 0.211. The Morgan fingerprint density at radius 1 is 1.15 bits per heavy atom. The highest BCUT2D eigenvalue weighted by molar-refractivity contribution is 5.60. The van der Waals surface area contributed by atoms with Crippen molar-refractivity contribution in [3.63, 3.8) is 0 Å². The third-order valence-corrected chi connectivity index (χ3v) is 4.10. The first-order valence-electron chi connectivity index (χ1n) is 6.89. The molecule has 0 heterocycles. The summed E-state index contributed by atoms with van der Waals surface area (Å²) in [5, 5.41) is 13.5. The maximum atomic E-state index is 9.98. The van der Waals surface area contributed by atoms with E-state index in [9.17, 15) is 5.11 Å². The Morgan fingerprint density at radius 3 is 2.70 bits per heavy atom. The second-order valence-electron chi connectivity index (χ2n) is 5.22. The van der Waals surface area contributed by atoms with Gasteiger partial charge in [0.25, 0.3) is 0 Å². The predicted molar refractivity (Wildman–Crippen MR) is 80.1 cm³/mol. The second kappa shape index (κ2) is 5.17. The van der Waals surface area contributed by atoms with Crippen LogP contribution in [0.15, 0.2) is 48.5 Å². The van der Waals surface area contributed by atoms with Crippen LogP contribution in [0.25, 0.3) is 0 Å². The van der Waals surface area contributed by atoms with Crippen molar-refractivity contribution in [2.75, 3.05) is 19.0 Å². The van der Waals surface area contributed by atoms with Crippen LogP contribution in [0, 0.1) is 0 Å². The zero-order valence-electron chi connectivity index (χ0n) is 11.6. The molecule has 0 radical (unpaired) electrons. The zero-order chi connectivity index (χ0) is 14.0. The predicted octanol–water partition coefficient (Wildman–Crippen LogP) is 2.94. The number of hydrogen-bond acceptors (Lipinski definition) is 3. The number of rotatable bonds is 4. The van der Waals surface area contributed by atoms with Crippen molar-refractivity contribution in [1.82, 2.24) is 0 Å². The highest BCUT2D eigenvalue weighted by atomic mass is 16.5. The molecule has 3 rings (SSSR count). The van der Waals surface area contributed by atoms with Crippen LogP contribution in [-0.2, 0) is 12.0 Å². The van der Waals surface area contributed by atoms with Gasteiger partial charge in [-0.25, -0.2) is 0 Å². The Labute approximate surface area is 119 Å². The van der Waals surface area contributed by atoms with Crippen molar-refractivity contribution in [2.45, 2.75) is 18.4 Å². The fraction of sp³-hybridized carbons (Fsp3) is 0.294. The number of anilines is 1. The number of methoxy groups -OCH3 is 1. The number of benzene rings is 2. The Bertz CT molecular complexity index is 611. The van der Waals surface area contributed by atoms with Gasteiger partial charge < -0.3 is 15.2 Å². The van der Waals surface area contributed by atoms with Crippen LogP contribution in [0.3, 0.4) is 0 Å². The lowest BCUT2D eigenvalue weighted by Crippen LogP contribution is -2.37. The minimum Gasteiger partial charge on any atom is -0.495 e. The van der Waals surface area contributed by atoms with Crippen molar-refractivity contribution in [1.29, 1.82) is 0 Å². The van der Waals surface area contributed by atoms with Crippen LogP contribution in [0.4, 0.5) is 5.69 Å². The van der Waals surface area contributed by atoms with Gasteiger partial charge in [-0.2, -0.15) is 0 Å². The molecule has 104 valence electrons. The fourth-order valence-corrected chi connectivity index (χ4v) is 3.03. The maximum Gasteiger partial charge on any atom is 0.141 e. The van der Waals surface area contributed by atoms with E-state index in [0.717, 1.165) is 24.3 Å².